The average molecular weight is 381 g/mol. The zero-order valence-electron chi connectivity index (χ0n) is 16.6. The number of benzene rings is 2. The summed E-state index contributed by atoms with van der Waals surface area (Å²) in [5.74, 6) is -0.0216. The predicted octanol–water partition coefficient (Wildman–Crippen LogP) is 5.03. The third-order valence-corrected chi connectivity index (χ3v) is 5.18. The van der Waals surface area contributed by atoms with Gasteiger partial charge in [0, 0.05) is 23.5 Å². The molecule has 4 rings (SSSR count). The van der Waals surface area contributed by atoms with E-state index in [9.17, 15) is 4.79 Å². The van der Waals surface area contributed by atoms with E-state index in [0.29, 0.717) is 0 Å². The minimum Gasteiger partial charge on any atom is -0.349 e. The first-order chi connectivity index (χ1) is 14.1. The van der Waals surface area contributed by atoms with Crippen LogP contribution in [-0.2, 0) is 11.2 Å². The number of aryl methyl sites for hydroxylation is 1. The summed E-state index contributed by atoms with van der Waals surface area (Å²) >= 11 is 0. The highest BCUT2D eigenvalue weighted by Crippen LogP contribution is 2.33. The minimum atomic E-state index is -0.0839. The molecule has 0 radical (unpaired) electrons. The van der Waals surface area contributed by atoms with Crippen molar-refractivity contribution in [3.63, 3.8) is 0 Å². The van der Waals surface area contributed by atoms with E-state index in [1.807, 2.05) is 62.4 Å². The molecule has 2 aromatic heterocycles. The molecule has 4 heteroatoms. The number of hydrogen-bond acceptors (Lipinski definition) is 3. The summed E-state index contributed by atoms with van der Waals surface area (Å²) in [6, 6.07) is 22.1. The highest BCUT2D eigenvalue weighted by Gasteiger charge is 2.18. The van der Waals surface area contributed by atoms with Crippen molar-refractivity contribution >= 4 is 16.8 Å². The van der Waals surface area contributed by atoms with Crippen molar-refractivity contribution in [2.45, 2.75) is 26.3 Å². The van der Waals surface area contributed by atoms with Gasteiger partial charge in [0.25, 0.3) is 0 Å². The van der Waals surface area contributed by atoms with Crippen molar-refractivity contribution in [2.75, 3.05) is 0 Å². The maximum absolute atomic E-state index is 12.9. The predicted molar refractivity (Wildman–Crippen MR) is 116 cm³/mol. The molecule has 0 saturated carbocycles. The number of carbonyl (C=O) groups is 1. The Morgan fingerprint density at radius 1 is 0.966 bits per heavy atom. The molecule has 4 aromatic rings. The standard InChI is InChI=1S/C25H23N3O/c1-17(19-12-14-26-15-13-19)28-24(29)16-22-18(2)27-23-11-7-6-10-21(23)25(22)20-8-4-3-5-9-20/h3-15,17H,16H2,1-2H3,(H,28,29). The van der Waals surface area contributed by atoms with Crippen molar-refractivity contribution in [3.8, 4) is 11.1 Å². The van der Waals surface area contributed by atoms with E-state index >= 15 is 0 Å². The first-order valence-electron chi connectivity index (χ1n) is 9.76. The lowest BCUT2D eigenvalue weighted by molar-refractivity contribution is -0.121. The van der Waals surface area contributed by atoms with Gasteiger partial charge in [0.05, 0.1) is 18.0 Å². The molecule has 4 nitrogen and oxygen atoms in total. The first-order valence-corrected chi connectivity index (χ1v) is 9.76. The topological polar surface area (TPSA) is 54.9 Å². The maximum atomic E-state index is 12.9. The molecule has 29 heavy (non-hydrogen) atoms. The van der Waals surface area contributed by atoms with Gasteiger partial charge in [-0.25, -0.2) is 0 Å². The van der Waals surface area contributed by atoms with Crippen LogP contribution >= 0.6 is 0 Å². The number of nitrogens with zero attached hydrogens (tertiary/aromatic N) is 2. The Bertz CT molecular complexity index is 1140. The summed E-state index contributed by atoms with van der Waals surface area (Å²) in [5, 5.41) is 4.17. The summed E-state index contributed by atoms with van der Waals surface area (Å²) in [6.07, 6.45) is 3.76. The lowest BCUT2D eigenvalue weighted by Gasteiger charge is -2.18. The van der Waals surface area contributed by atoms with Crippen LogP contribution in [0.15, 0.2) is 79.1 Å². The van der Waals surface area contributed by atoms with Gasteiger partial charge in [-0.2, -0.15) is 0 Å². The molecule has 1 amide bonds. The highest BCUT2D eigenvalue weighted by molar-refractivity contribution is 5.98. The van der Waals surface area contributed by atoms with E-state index < -0.39 is 0 Å². The van der Waals surface area contributed by atoms with E-state index in [0.717, 1.165) is 38.9 Å². The second-order valence-corrected chi connectivity index (χ2v) is 7.18. The van der Waals surface area contributed by atoms with Crippen molar-refractivity contribution in [1.29, 1.82) is 0 Å². The van der Waals surface area contributed by atoms with Gasteiger partial charge in [-0.15, -0.1) is 0 Å². The number of rotatable bonds is 5. The maximum Gasteiger partial charge on any atom is 0.224 e. The van der Waals surface area contributed by atoms with E-state index in [-0.39, 0.29) is 18.4 Å². The monoisotopic (exact) mass is 381 g/mol. The smallest absolute Gasteiger partial charge is 0.224 e. The number of amides is 1. The molecule has 144 valence electrons. The number of hydrogen-bond donors (Lipinski definition) is 1. The molecular formula is C25H23N3O. The van der Waals surface area contributed by atoms with Crippen LogP contribution in [-0.4, -0.2) is 15.9 Å². The van der Waals surface area contributed by atoms with Crippen LogP contribution in [0.1, 0.15) is 29.8 Å². The minimum absolute atomic E-state index is 0.0216. The second-order valence-electron chi connectivity index (χ2n) is 7.18. The number of pyridine rings is 2. The third-order valence-electron chi connectivity index (χ3n) is 5.18. The number of nitrogens with one attached hydrogen (secondary N) is 1. The van der Waals surface area contributed by atoms with E-state index in [1.165, 1.54) is 0 Å². The highest BCUT2D eigenvalue weighted by atomic mass is 16.1. The zero-order chi connectivity index (χ0) is 20.2. The summed E-state index contributed by atoms with van der Waals surface area (Å²) < 4.78 is 0. The van der Waals surface area contributed by atoms with Gasteiger partial charge in [-0.1, -0.05) is 48.5 Å². The fourth-order valence-corrected chi connectivity index (χ4v) is 3.71. The van der Waals surface area contributed by atoms with Crippen LogP contribution in [0.3, 0.4) is 0 Å². The Balaban J connectivity index is 1.72. The van der Waals surface area contributed by atoms with Crippen molar-refractivity contribution in [3.05, 3.63) is 95.9 Å². The van der Waals surface area contributed by atoms with Gasteiger partial charge in [0.15, 0.2) is 0 Å². The van der Waals surface area contributed by atoms with Crippen molar-refractivity contribution in [1.82, 2.24) is 15.3 Å². The Hall–Kier alpha value is -3.53. The van der Waals surface area contributed by atoms with Crippen molar-refractivity contribution in [2.24, 2.45) is 0 Å². The number of para-hydroxylation sites is 1. The van der Waals surface area contributed by atoms with Gasteiger partial charge in [0.2, 0.25) is 5.91 Å². The molecule has 0 aliphatic heterocycles. The largest absolute Gasteiger partial charge is 0.349 e. The average Bonchev–Trinajstić information content (AvgIpc) is 2.75. The third kappa shape index (κ3) is 4.02. The summed E-state index contributed by atoms with van der Waals surface area (Å²) in [6.45, 7) is 3.96. The molecule has 0 aliphatic carbocycles. The number of carbonyl (C=O) groups excluding carboxylic acids is 1. The summed E-state index contributed by atoms with van der Waals surface area (Å²) in [4.78, 5) is 21.7. The van der Waals surface area contributed by atoms with Crippen LogP contribution < -0.4 is 5.32 Å². The molecule has 0 saturated heterocycles. The molecule has 1 N–H and O–H groups in total. The Morgan fingerprint density at radius 2 is 1.66 bits per heavy atom. The van der Waals surface area contributed by atoms with Crippen LogP contribution in [0.2, 0.25) is 0 Å². The van der Waals surface area contributed by atoms with E-state index in [2.05, 4.69) is 28.5 Å². The Kier molecular flexibility index (Phi) is 5.34. The second kappa shape index (κ2) is 8.23. The number of aromatic nitrogens is 2. The van der Waals surface area contributed by atoms with Crippen molar-refractivity contribution < 1.29 is 4.79 Å². The molecule has 2 aromatic carbocycles. The zero-order valence-corrected chi connectivity index (χ0v) is 16.6. The van der Waals surface area contributed by atoms with E-state index in [1.54, 1.807) is 12.4 Å². The molecule has 0 fully saturated rings. The molecule has 1 unspecified atom stereocenters. The Labute approximate surface area is 170 Å². The summed E-state index contributed by atoms with van der Waals surface area (Å²) in [5.41, 5.74) is 6.01. The number of fused-ring (bicyclic) bond motifs is 1. The van der Waals surface area contributed by atoms with Gasteiger partial charge in [-0.3, -0.25) is 14.8 Å². The quantitative estimate of drug-likeness (QED) is 0.528. The Morgan fingerprint density at radius 3 is 2.41 bits per heavy atom. The molecule has 0 aliphatic rings. The molecular weight excluding hydrogens is 358 g/mol. The molecule has 2 heterocycles. The normalized spacial score (nSPS) is 11.9. The first kappa shape index (κ1) is 18.8. The van der Waals surface area contributed by atoms with Gasteiger partial charge in [-0.05, 0) is 54.3 Å². The molecule has 1 atom stereocenters. The fourth-order valence-electron chi connectivity index (χ4n) is 3.71. The lowest BCUT2D eigenvalue weighted by Crippen LogP contribution is -2.28. The van der Waals surface area contributed by atoms with Crippen LogP contribution in [0.5, 0.6) is 0 Å². The van der Waals surface area contributed by atoms with Crippen LogP contribution in [0, 0.1) is 6.92 Å². The van der Waals surface area contributed by atoms with Gasteiger partial charge in [0.1, 0.15) is 0 Å². The van der Waals surface area contributed by atoms with Gasteiger partial charge < -0.3 is 5.32 Å². The summed E-state index contributed by atoms with van der Waals surface area (Å²) in [7, 11) is 0. The lowest BCUT2D eigenvalue weighted by atomic mass is 9.92. The molecule has 0 bridgehead atoms. The van der Waals surface area contributed by atoms with Crippen LogP contribution in [0.25, 0.3) is 22.0 Å². The van der Waals surface area contributed by atoms with Crippen LogP contribution in [0.4, 0.5) is 0 Å². The molecule has 0 spiro atoms. The van der Waals surface area contributed by atoms with Gasteiger partial charge >= 0.3 is 0 Å². The fraction of sp³-hybridized carbons (Fsp3) is 0.160. The van der Waals surface area contributed by atoms with E-state index in [4.69, 9.17) is 4.98 Å². The SMILES string of the molecule is Cc1nc2ccccc2c(-c2ccccc2)c1CC(=O)NC(C)c1ccncc1.